The number of ether oxygens (including phenoxy) is 1. The SMILES string of the molecule is [2H]C([2H])([2H])C(C)C[C@@H](O)[C@H](O)[C@@H](C)[C@H]1CC[C@H]2[C@@H]3COC(=O)[C@H]4C[C@H](O)[C@H](O)C[C@]4(C)[C@H]3CC[C@]12C. The number of carbonyl (C=O) groups excluding carboxylic acids is 1. The van der Waals surface area contributed by atoms with Crippen LogP contribution < -0.4 is 0 Å². The van der Waals surface area contributed by atoms with Crippen LogP contribution in [-0.4, -0.2) is 57.4 Å². The Morgan fingerprint density at radius 1 is 1.09 bits per heavy atom. The van der Waals surface area contributed by atoms with Crippen LogP contribution in [0.25, 0.3) is 0 Å². The molecule has 1 aliphatic heterocycles. The molecule has 6 nitrogen and oxygen atoms in total. The van der Waals surface area contributed by atoms with Crippen LogP contribution in [0, 0.1) is 52.3 Å². The van der Waals surface area contributed by atoms with Crippen molar-refractivity contribution in [3.63, 3.8) is 0 Å². The number of aliphatic hydroxyl groups is 4. The minimum absolute atomic E-state index is 0.0312. The van der Waals surface area contributed by atoms with E-state index in [9.17, 15) is 25.2 Å². The summed E-state index contributed by atoms with van der Waals surface area (Å²) in [5.41, 5.74) is -0.518. The summed E-state index contributed by atoms with van der Waals surface area (Å²) in [6, 6.07) is 0. The zero-order valence-corrected chi connectivity index (χ0v) is 20.6. The molecule has 3 saturated carbocycles. The number of rotatable bonds is 5. The highest BCUT2D eigenvalue weighted by molar-refractivity contribution is 5.74. The molecule has 0 spiro atoms. The molecule has 4 N–H and O–H groups in total. The number of aliphatic hydroxyl groups excluding tert-OH is 4. The maximum atomic E-state index is 13.0. The summed E-state index contributed by atoms with van der Waals surface area (Å²) in [6.07, 6.45) is 0.494. The molecule has 4 fully saturated rings. The number of fused-ring (bicyclic) bond motifs is 5. The van der Waals surface area contributed by atoms with Crippen LogP contribution in [0.4, 0.5) is 0 Å². The lowest BCUT2D eigenvalue weighted by Crippen LogP contribution is -2.55. The molecule has 13 atom stereocenters. The van der Waals surface area contributed by atoms with Crippen molar-refractivity contribution in [2.75, 3.05) is 6.61 Å². The molecular weight excluding hydrogens is 420 g/mol. The van der Waals surface area contributed by atoms with Gasteiger partial charge >= 0.3 is 5.97 Å². The zero-order chi connectivity index (χ0) is 26.8. The van der Waals surface area contributed by atoms with E-state index in [1.165, 1.54) is 0 Å². The summed E-state index contributed by atoms with van der Waals surface area (Å²) in [7, 11) is 0. The molecule has 0 aromatic heterocycles. The number of hydrogen-bond donors (Lipinski definition) is 4. The standard InChI is InChI=1S/C27H46O6/c1-14(2)10-22(29)24(31)15(3)17-6-7-18-16-13-33-25(32)20-11-21(28)23(30)12-27(20,5)19(16)8-9-26(17,18)4/h14-24,28-31H,6-13H2,1-5H3/t15-,16-,17+,18-,19-,20+,21-,22+,23+,24+,26+,27+/m0/s1/i1D3/t14?,15-,16-,17+,18-,19-,20+,21-,22+,23+,24+,26+,27+. The molecule has 1 unspecified atom stereocenters. The lowest BCUT2D eigenvalue weighted by molar-refractivity contribution is -0.162. The normalized spacial score (nSPS) is 50.7. The van der Waals surface area contributed by atoms with Gasteiger partial charge in [-0.2, -0.15) is 0 Å². The van der Waals surface area contributed by atoms with E-state index in [1.54, 1.807) is 6.92 Å². The Balaban J connectivity index is 1.53. The first-order valence-electron chi connectivity index (χ1n) is 14.5. The maximum absolute atomic E-state index is 13.0. The molecule has 1 saturated heterocycles. The predicted octanol–water partition coefficient (Wildman–Crippen LogP) is 3.14. The van der Waals surface area contributed by atoms with E-state index in [0.717, 1.165) is 25.7 Å². The predicted molar refractivity (Wildman–Crippen MR) is 125 cm³/mol. The van der Waals surface area contributed by atoms with E-state index in [2.05, 4.69) is 13.8 Å². The van der Waals surface area contributed by atoms with E-state index in [-0.39, 0.29) is 47.9 Å². The number of cyclic esters (lactones) is 1. The summed E-state index contributed by atoms with van der Waals surface area (Å²) >= 11 is 0. The Labute approximate surface area is 203 Å². The van der Waals surface area contributed by atoms with Gasteiger partial charge in [-0.25, -0.2) is 0 Å². The summed E-state index contributed by atoms with van der Waals surface area (Å²) in [6.45, 7) is 6.12. The summed E-state index contributed by atoms with van der Waals surface area (Å²) in [5.74, 6) is -0.750. The van der Waals surface area contributed by atoms with Crippen molar-refractivity contribution in [1.82, 2.24) is 0 Å². The molecule has 0 bridgehead atoms. The molecule has 6 heteroatoms. The maximum Gasteiger partial charge on any atom is 0.309 e. The quantitative estimate of drug-likeness (QED) is 0.461. The van der Waals surface area contributed by atoms with Gasteiger partial charge in [0.15, 0.2) is 0 Å². The highest BCUT2D eigenvalue weighted by atomic mass is 16.5. The fourth-order valence-electron chi connectivity index (χ4n) is 8.78. The van der Waals surface area contributed by atoms with Crippen LogP contribution >= 0.6 is 0 Å². The monoisotopic (exact) mass is 469 g/mol. The lowest BCUT2D eigenvalue weighted by Gasteiger charge is -2.56. The van der Waals surface area contributed by atoms with Crippen LogP contribution in [0.1, 0.15) is 83.6 Å². The van der Waals surface area contributed by atoms with Gasteiger partial charge in [-0.15, -0.1) is 0 Å². The number of esters is 1. The van der Waals surface area contributed by atoms with Crippen molar-refractivity contribution in [3.8, 4) is 0 Å². The van der Waals surface area contributed by atoms with E-state index in [1.807, 2.05) is 6.92 Å². The second-order valence-corrected chi connectivity index (χ2v) is 12.4. The van der Waals surface area contributed by atoms with Gasteiger partial charge in [0.05, 0.1) is 36.9 Å². The minimum Gasteiger partial charge on any atom is -0.465 e. The average Bonchev–Trinajstić information content (AvgIpc) is 3.10. The van der Waals surface area contributed by atoms with Gasteiger partial charge < -0.3 is 25.2 Å². The third-order valence-corrected chi connectivity index (χ3v) is 10.6. The molecular formula is C27H46O6. The van der Waals surface area contributed by atoms with E-state index in [0.29, 0.717) is 18.9 Å². The Kier molecular flexibility index (Phi) is 5.93. The van der Waals surface area contributed by atoms with E-state index >= 15 is 0 Å². The molecule has 0 radical (unpaired) electrons. The fourth-order valence-corrected chi connectivity index (χ4v) is 8.78. The molecule has 0 aromatic carbocycles. The minimum atomic E-state index is -2.17. The first-order valence-corrected chi connectivity index (χ1v) is 13.0. The van der Waals surface area contributed by atoms with Crippen LogP contribution in [-0.2, 0) is 9.53 Å². The number of hydrogen-bond acceptors (Lipinski definition) is 6. The highest BCUT2D eigenvalue weighted by Gasteiger charge is 2.63. The average molecular weight is 470 g/mol. The topological polar surface area (TPSA) is 107 Å². The van der Waals surface area contributed by atoms with Gasteiger partial charge in [-0.05, 0) is 91.3 Å². The number of carbonyl (C=O) groups is 1. The third kappa shape index (κ3) is 4.17. The van der Waals surface area contributed by atoms with Gasteiger partial charge in [-0.3, -0.25) is 4.79 Å². The molecule has 33 heavy (non-hydrogen) atoms. The van der Waals surface area contributed by atoms with Crippen molar-refractivity contribution in [1.29, 1.82) is 0 Å². The first-order chi connectivity index (χ1) is 16.6. The van der Waals surface area contributed by atoms with Gasteiger partial charge in [-0.1, -0.05) is 34.5 Å². The second-order valence-electron chi connectivity index (χ2n) is 12.4. The summed E-state index contributed by atoms with van der Waals surface area (Å²) < 4.78 is 28.6. The lowest BCUT2D eigenvalue weighted by atomic mass is 9.48. The Bertz CT molecular complexity index is 822. The molecule has 4 aliphatic rings. The summed E-state index contributed by atoms with van der Waals surface area (Å²) in [5, 5.41) is 42.6. The van der Waals surface area contributed by atoms with Crippen LogP contribution in [0.3, 0.4) is 0 Å². The van der Waals surface area contributed by atoms with Gasteiger partial charge in [0, 0.05) is 4.11 Å². The molecule has 4 rings (SSSR count). The zero-order valence-electron chi connectivity index (χ0n) is 23.6. The van der Waals surface area contributed by atoms with Crippen molar-refractivity contribution < 1.29 is 34.1 Å². The van der Waals surface area contributed by atoms with Crippen LogP contribution in [0.2, 0.25) is 0 Å². The molecule has 190 valence electrons. The molecule has 3 aliphatic carbocycles. The van der Waals surface area contributed by atoms with Crippen molar-refractivity contribution in [2.24, 2.45) is 52.3 Å². The van der Waals surface area contributed by atoms with E-state index in [4.69, 9.17) is 8.85 Å². The Morgan fingerprint density at radius 3 is 2.48 bits per heavy atom. The third-order valence-electron chi connectivity index (χ3n) is 10.6. The molecule has 0 aromatic rings. The highest BCUT2D eigenvalue weighted by Crippen LogP contribution is 2.66. The fraction of sp³-hybridized carbons (Fsp3) is 0.963. The van der Waals surface area contributed by atoms with Gasteiger partial charge in [0.1, 0.15) is 0 Å². The Morgan fingerprint density at radius 2 is 1.79 bits per heavy atom. The largest absolute Gasteiger partial charge is 0.465 e. The smallest absolute Gasteiger partial charge is 0.309 e. The molecule has 1 heterocycles. The van der Waals surface area contributed by atoms with E-state index < -0.39 is 48.5 Å². The van der Waals surface area contributed by atoms with Crippen LogP contribution in [0.15, 0.2) is 0 Å². The first kappa shape index (κ1) is 21.6. The Hall–Kier alpha value is -0.690. The van der Waals surface area contributed by atoms with Crippen LogP contribution in [0.5, 0.6) is 0 Å². The van der Waals surface area contributed by atoms with Gasteiger partial charge in [0.2, 0.25) is 0 Å². The van der Waals surface area contributed by atoms with Crippen molar-refractivity contribution in [2.45, 2.75) is 104 Å². The second kappa shape index (κ2) is 9.07. The van der Waals surface area contributed by atoms with Crippen molar-refractivity contribution >= 4 is 5.97 Å². The molecule has 0 amide bonds. The van der Waals surface area contributed by atoms with Gasteiger partial charge in [0.25, 0.3) is 0 Å². The van der Waals surface area contributed by atoms with Crippen molar-refractivity contribution in [3.05, 3.63) is 0 Å². The summed E-state index contributed by atoms with van der Waals surface area (Å²) in [4.78, 5) is 13.0.